The summed E-state index contributed by atoms with van der Waals surface area (Å²) in [6.45, 7) is 0. The van der Waals surface area contributed by atoms with Gasteiger partial charge in [0, 0.05) is 10.9 Å². The fraction of sp³-hybridized carbons (Fsp3) is 0.118. The lowest BCUT2D eigenvalue weighted by molar-refractivity contribution is -0.137. The Balaban J connectivity index is 2.03. The molecule has 130 valence electrons. The van der Waals surface area contributed by atoms with E-state index in [9.17, 15) is 13.2 Å². The Bertz CT molecular complexity index is 966. The molecule has 3 rings (SSSR count). The van der Waals surface area contributed by atoms with E-state index in [1.807, 2.05) is 0 Å². The normalized spacial score (nSPS) is 12.8. The highest BCUT2D eigenvalue weighted by atomic mass is 79.9. The second-order valence-corrected chi connectivity index (χ2v) is 6.55. The smallest absolute Gasteiger partial charge is 0.416 e. The van der Waals surface area contributed by atoms with Crippen molar-refractivity contribution in [3.63, 3.8) is 0 Å². The zero-order valence-corrected chi connectivity index (χ0v) is 15.5. The number of allylic oxidation sites excluding steroid dienone is 1. The molecule has 0 fully saturated rings. The highest BCUT2D eigenvalue weighted by Gasteiger charge is 2.31. The van der Waals surface area contributed by atoms with E-state index >= 15 is 0 Å². The van der Waals surface area contributed by atoms with Crippen LogP contribution >= 0.6 is 39.1 Å². The van der Waals surface area contributed by atoms with Crippen LogP contribution in [0.25, 0.3) is 22.7 Å². The molecule has 0 aliphatic rings. The highest BCUT2D eigenvalue weighted by molar-refractivity contribution is 9.09. The molecule has 3 aromatic rings. The van der Waals surface area contributed by atoms with Crippen LogP contribution in [-0.2, 0) is 6.18 Å². The van der Waals surface area contributed by atoms with Gasteiger partial charge in [0.25, 0.3) is 0 Å². The lowest BCUT2D eigenvalue weighted by atomic mass is 10.1. The van der Waals surface area contributed by atoms with Crippen molar-refractivity contribution in [2.45, 2.75) is 6.18 Å². The minimum Gasteiger partial charge on any atom is -0.436 e. The molecule has 0 radical (unpaired) electrons. The van der Waals surface area contributed by atoms with Crippen molar-refractivity contribution in [1.29, 1.82) is 0 Å². The van der Waals surface area contributed by atoms with Crippen LogP contribution in [-0.4, -0.2) is 10.3 Å². The Morgan fingerprint density at radius 1 is 1.12 bits per heavy atom. The SMILES string of the molecule is FC(F)(F)c1ccc2oc(/C(=C\c3ccc(Cl)c(Cl)c3)CBr)nc2c1. The third-order valence-electron chi connectivity index (χ3n) is 3.42. The number of alkyl halides is 4. The van der Waals surface area contributed by atoms with Crippen LogP contribution in [0.5, 0.6) is 0 Å². The van der Waals surface area contributed by atoms with E-state index in [4.69, 9.17) is 27.6 Å². The Morgan fingerprint density at radius 2 is 1.88 bits per heavy atom. The first-order valence-electron chi connectivity index (χ1n) is 6.97. The third kappa shape index (κ3) is 4.02. The van der Waals surface area contributed by atoms with Gasteiger partial charge in [-0.1, -0.05) is 45.2 Å². The first-order valence-corrected chi connectivity index (χ1v) is 8.85. The van der Waals surface area contributed by atoms with Crippen molar-refractivity contribution in [3.05, 3.63) is 63.5 Å². The molecule has 0 spiro atoms. The van der Waals surface area contributed by atoms with Gasteiger partial charge in [-0.15, -0.1) is 0 Å². The van der Waals surface area contributed by atoms with Gasteiger partial charge in [-0.3, -0.25) is 0 Å². The minimum atomic E-state index is -4.43. The number of benzene rings is 2. The monoisotopic (exact) mass is 449 g/mol. The second-order valence-electron chi connectivity index (χ2n) is 5.18. The van der Waals surface area contributed by atoms with Crippen LogP contribution in [0.15, 0.2) is 40.8 Å². The molecule has 1 heterocycles. The fourth-order valence-corrected chi connectivity index (χ4v) is 2.91. The molecule has 8 heteroatoms. The number of fused-ring (bicyclic) bond motifs is 1. The van der Waals surface area contributed by atoms with E-state index in [2.05, 4.69) is 20.9 Å². The summed E-state index contributed by atoms with van der Waals surface area (Å²) in [5, 5.41) is 1.23. The van der Waals surface area contributed by atoms with E-state index in [1.165, 1.54) is 6.07 Å². The Hall–Kier alpha value is -1.50. The summed E-state index contributed by atoms with van der Waals surface area (Å²) >= 11 is 15.2. The van der Waals surface area contributed by atoms with Gasteiger partial charge in [-0.05, 0) is 42.0 Å². The van der Waals surface area contributed by atoms with Gasteiger partial charge in [0.2, 0.25) is 5.89 Å². The Morgan fingerprint density at radius 3 is 2.52 bits per heavy atom. The standard InChI is InChI=1S/C17H9BrCl2F3NO/c18-8-10(5-9-1-3-12(19)13(20)6-9)16-24-14-7-11(17(21,22)23)2-4-15(14)25-16/h1-7H,8H2/b10-5-. The predicted octanol–water partition coefficient (Wildman–Crippen LogP) is 7.09. The van der Waals surface area contributed by atoms with Gasteiger partial charge >= 0.3 is 6.18 Å². The summed E-state index contributed by atoms with van der Waals surface area (Å²) < 4.78 is 44.0. The van der Waals surface area contributed by atoms with Crippen LogP contribution in [0.3, 0.4) is 0 Å². The zero-order valence-electron chi connectivity index (χ0n) is 12.4. The molecule has 0 aliphatic carbocycles. The Kier molecular flexibility index (Phi) is 5.14. The highest BCUT2D eigenvalue weighted by Crippen LogP contribution is 2.33. The van der Waals surface area contributed by atoms with Crippen LogP contribution in [0.1, 0.15) is 17.0 Å². The van der Waals surface area contributed by atoms with Crippen molar-refractivity contribution in [2.75, 3.05) is 5.33 Å². The number of aromatic nitrogens is 1. The lowest BCUT2D eigenvalue weighted by Crippen LogP contribution is -2.03. The molecular formula is C17H9BrCl2F3NO. The van der Waals surface area contributed by atoms with Crippen molar-refractivity contribution < 1.29 is 17.6 Å². The van der Waals surface area contributed by atoms with Gasteiger partial charge in [0.1, 0.15) is 5.52 Å². The van der Waals surface area contributed by atoms with Gasteiger partial charge in [-0.25, -0.2) is 4.98 Å². The lowest BCUT2D eigenvalue weighted by Gasteiger charge is -2.04. The fourth-order valence-electron chi connectivity index (χ4n) is 2.20. The first kappa shape index (κ1) is 18.3. The Labute approximate surface area is 159 Å². The second kappa shape index (κ2) is 7.02. The maximum atomic E-state index is 12.8. The maximum absolute atomic E-state index is 12.8. The number of oxazole rings is 1. The summed E-state index contributed by atoms with van der Waals surface area (Å²) in [7, 11) is 0. The molecule has 0 N–H and O–H groups in total. The van der Waals surface area contributed by atoms with E-state index in [0.29, 0.717) is 20.9 Å². The largest absolute Gasteiger partial charge is 0.436 e. The molecule has 0 saturated carbocycles. The molecule has 2 aromatic carbocycles. The van der Waals surface area contributed by atoms with Gasteiger partial charge in [-0.2, -0.15) is 13.2 Å². The summed E-state index contributed by atoms with van der Waals surface area (Å²) in [5.74, 6) is 0.234. The molecule has 1 aromatic heterocycles. The van der Waals surface area contributed by atoms with Crippen LogP contribution in [0.2, 0.25) is 10.0 Å². The predicted molar refractivity (Wildman–Crippen MR) is 97.1 cm³/mol. The molecule has 0 bridgehead atoms. The third-order valence-corrected chi connectivity index (χ3v) is 4.76. The van der Waals surface area contributed by atoms with E-state index < -0.39 is 11.7 Å². The zero-order chi connectivity index (χ0) is 18.2. The van der Waals surface area contributed by atoms with Crippen LogP contribution in [0, 0.1) is 0 Å². The summed E-state index contributed by atoms with van der Waals surface area (Å²) in [4.78, 5) is 4.17. The van der Waals surface area contributed by atoms with E-state index in [-0.39, 0.29) is 17.0 Å². The van der Waals surface area contributed by atoms with Crippen molar-refractivity contribution in [1.82, 2.24) is 4.98 Å². The number of rotatable bonds is 3. The van der Waals surface area contributed by atoms with E-state index in [0.717, 1.165) is 17.7 Å². The summed E-state index contributed by atoms with van der Waals surface area (Å²) in [6.07, 6.45) is -2.66. The number of hydrogen-bond donors (Lipinski definition) is 0. The minimum absolute atomic E-state index is 0.144. The summed E-state index contributed by atoms with van der Waals surface area (Å²) in [6, 6.07) is 8.29. The molecule has 0 atom stereocenters. The molecule has 0 aliphatic heterocycles. The van der Waals surface area contributed by atoms with E-state index in [1.54, 1.807) is 24.3 Å². The van der Waals surface area contributed by atoms with Crippen molar-refractivity contribution >= 4 is 61.9 Å². The van der Waals surface area contributed by atoms with Crippen LogP contribution < -0.4 is 0 Å². The van der Waals surface area contributed by atoms with Gasteiger partial charge in [0.15, 0.2) is 5.58 Å². The van der Waals surface area contributed by atoms with Gasteiger partial charge in [0.05, 0.1) is 15.6 Å². The maximum Gasteiger partial charge on any atom is 0.416 e. The quantitative estimate of drug-likeness (QED) is 0.398. The molecule has 0 unspecified atom stereocenters. The van der Waals surface area contributed by atoms with Gasteiger partial charge < -0.3 is 4.42 Å². The summed E-state index contributed by atoms with van der Waals surface area (Å²) in [5.41, 5.74) is 1.08. The number of hydrogen-bond acceptors (Lipinski definition) is 2. The average Bonchev–Trinajstić information content (AvgIpc) is 2.97. The first-order chi connectivity index (χ1) is 11.8. The number of nitrogens with zero attached hydrogens (tertiary/aromatic N) is 1. The topological polar surface area (TPSA) is 26.0 Å². The molecular weight excluding hydrogens is 442 g/mol. The number of halogens is 6. The average molecular weight is 451 g/mol. The molecule has 2 nitrogen and oxygen atoms in total. The van der Waals surface area contributed by atoms with Crippen LogP contribution in [0.4, 0.5) is 13.2 Å². The van der Waals surface area contributed by atoms with Crippen molar-refractivity contribution in [2.24, 2.45) is 0 Å². The molecule has 0 saturated heterocycles. The molecule has 0 amide bonds. The van der Waals surface area contributed by atoms with Crippen molar-refractivity contribution in [3.8, 4) is 0 Å². The molecule has 25 heavy (non-hydrogen) atoms.